The third kappa shape index (κ3) is 2.33. The number of hydrogen-bond acceptors (Lipinski definition) is 4. The van der Waals surface area contributed by atoms with Crippen molar-refractivity contribution in [3.05, 3.63) is 23.9 Å². The maximum atomic E-state index is 9.91. The molecular formula is C12H19N3O. The zero-order valence-electron chi connectivity index (χ0n) is 9.85. The van der Waals surface area contributed by atoms with Gasteiger partial charge in [-0.3, -0.25) is 0 Å². The van der Waals surface area contributed by atoms with Gasteiger partial charge in [0.05, 0.1) is 5.60 Å². The van der Waals surface area contributed by atoms with Gasteiger partial charge in [-0.15, -0.1) is 0 Å². The molecule has 88 valence electrons. The number of rotatable bonds is 2. The Kier molecular flexibility index (Phi) is 2.86. The van der Waals surface area contributed by atoms with Crippen LogP contribution in [0, 0.1) is 0 Å². The van der Waals surface area contributed by atoms with Crippen molar-refractivity contribution in [2.75, 3.05) is 18.0 Å². The molecule has 1 unspecified atom stereocenters. The van der Waals surface area contributed by atoms with E-state index in [4.69, 9.17) is 5.73 Å². The highest BCUT2D eigenvalue weighted by molar-refractivity contribution is 5.43. The van der Waals surface area contributed by atoms with Crippen molar-refractivity contribution in [3.63, 3.8) is 0 Å². The number of aromatic nitrogens is 1. The molecule has 1 aliphatic rings. The molecule has 0 aliphatic carbocycles. The normalized spacial score (nSPS) is 27.1. The molecule has 1 saturated heterocycles. The van der Waals surface area contributed by atoms with Crippen LogP contribution in [0.25, 0.3) is 0 Å². The van der Waals surface area contributed by atoms with Gasteiger partial charge in [-0.05, 0) is 38.0 Å². The molecule has 2 atom stereocenters. The second-order valence-corrected chi connectivity index (χ2v) is 4.90. The van der Waals surface area contributed by atoms with Crippen molar-refractivity contribution in [3.8, 4) is 0 Å². The van der Waals surface area contributed by atoms with Crippen LogP contribution in [0.5, 0.6) is 0 Å². The molecule has 4 heteroatoms. The van der Waals surface area contributed by atoms with Gasteiger partial charge in [-0.1, -0.05) is 0 Å². The summed E-state index contributed by atoms with van der Waals surface area (Å²) in [6.45, 7) is 5.31. The summed E-state index contributed by atoms with van der Waals surface area (Å²) in [6.07, 6.45) is 2.57. The monoisotopic (exact) mass is 221 g/mol. The number of anilines is 1. The molecule has 2 heterocycles. The highest BCUT2D eigenvalue weighted by Crippen LogP contribution is 2.26. The van der Waals surface area contributed by atoms with Crippen molar-refractivity contribution in [2.24, 2.45) is 5.73 Å². The van der Waals surface area contributed by atoms with Crippen molar-refractivity contribution in [1.29, 1.82) is 0 Å². The zero-order valence-corrected chi connectivity index (χ0v) is 9.85. The van der Waals surface area contributed by atoms with Crippen molar-refractivity contribution in [2.45, 2.75) is 31.9 Å². The summed E-state index contributed by atoms with van der Waals surface area (Å²) in [4.78, 5) is 6.43. The molecule has 0 spiro atoms. The van der Waals surface area contributed by atoms with Crippen LogP contribution >= 0.6 is 0 Å². The van der Waals surface area contributed by atoms with E-state index in [9.17, 15) is 5.11 Å². The van der Waals surface area contributed by atoms with Gasteiger partial charge >= 0.3 is 0 Å². The van der Waals surface area contributed by atoms with Gasteiger partial charge in [0.1, 0.15) is 5.82 Å². The number of nitrogens with two attached hydrogens (primary N) is 1. The molecule has 0 saturated carbocycles. The van der Waals surface area contributed by atoms with Gasteiger partial charge in [-0.25, -0.2) is 4.98 Å². The smallest absolute Gasteiger partial charge is 0.128 e. The molecule has 0 radical (unpaired) electrons. The maximum Gasteiger partial charge on any atom is 0.128 e. The van der Waals surface area contributed by atoms with Gasteiger partial charge in [0.15, 0.2) is 0 Å². The lowest BCUT2D eigenvalue weighted by molar-refractivity contribution is 0.0839. The van der Waals surface area contributed by atoms with Crippen LogP contribution < -0.4 is 10.6 Å². The standard InChI is InChI=1S/C12H19N3O/c1-9(13)10-3-5-14-11(7-10)15-6-4-12(2,16)8-15/h3,5,7,9,16H,4,6,8,13H2,1-2H3/t9-,12?/m0/s1. The highest BCUT2D eigenvalue weighted by atomic mass is 16.3. The summed E-state index contributed by atoms with van der Waals surface area (Å²) in [5.74, 6) is 0.910. The van der Waals surface area contributed by atoms with Crippen LogP contribution in [0.3, 0.4) is 0 Å². The lowest BCUT2D eigenvalue weighted by Gasteiger charge is -2.20. The number of β-amino-alcohol motifs (C(OH)–C–C–N with tert-alkyl or cyclic N) is 1. The second kappa shape index (κ2) is 4.03. The Morgan fingerprint density at radius 2 is 2.38 bits per heavy atom. The average Bonchev–Trinajstić information content (AvgIpc) is 2.59. The first-order valence-electron chi connectivity index (χ1n) is 5.67. The molecular weight excluding hydrogens is 202 g/mol. The SMILES string of the molecule is C[C@H](N)c1ccnc(N2CCC(C)(O)C2)c1. The highest BCUT2D eigenvalue weighted by Gasteiger charge is 2.31. The van der Waals surface area contributed by atoms with E-state index in [1.54, 1.807) is 6.20 Å². The molecule has 3 N–H and O–H groups in total. The van der Waals surface area contributed by atoms with Crippen LogP contribution in [-0.2, 0) is 0 Å². The molecule has 16 heavy (non-hydrogen) atoms. The molecule has 0 amide bonds. The van der Waals surface area contributed by atoms with Crippen LogP contribution in [-0.4, -0.2) is 28.8 Å². The fraction of sp³-hybridized carbons (Fsp3) is 0.583. The minimum Gasteiger partial charge on any atom is -0.388 e. The van der Waals surface area contributed by atoms with E-state index >= 15 is 0 Å². The minimum absolute atomic E-state index is 0.0184. The molecule has 1 aromatic rings. The fourth-order valence-corrected chi connectivity index (χ4v) is 2.03. The summed E-state index contributed by atoms with van der Waals surface area (Å²) in [7, 11) is 0. The summed E-state index contributed by atoms with van der Waals surface area (Å²) >= 11 is 0. The van der Waals surface area contributed by atoms with E-state index in [0.29, 0.717) is 6.54 Å². The van der Waals surface area contributed by atoms with Crippen LogP contribution in [0.4, 0.5) is 5.82 Å². The van der Waals surface area contributed by atoms with Crippen LogP contribution in [0.15, 0.2) is 18.3 Å². The molecule has 1 aromatic heterocycles. The molecule has 1 fully saturated rings. The topological polar surface area (TPSA) is 62.4 Å². The predicted octanol–water partition coefficient (Wildman–Crippen LogP) is 1.06. The fourth-order valence-electron chi connectivity index (χ4n) is 2.03. The van der Waals surface area contributed by atoms with Crippen LogP contribution in [0.1, 0.15) is 31.9 Å². The third-order valence-corrected chi connectivity index (χ3v) is 3.07. The van der Waals surface area contributed by atoms with Crippen LogP contribution in [0.2, 0.25) is 0 Å². The summed E-state index contributed by atoms with van der Waals surface area (Å²) in [6, 6.07) is 3.96. The lowest BCUT2D eigenvalue weighted by atomic mass is 10.1. The Balaban J connectivity index is 2.19. The Hall–Kier alpha value is -1.13. The first kappa shape index (κ1) is 11.4. The average molecular weight is 221 g/mol. The Bertz CT molecular complexity index is 376. The van der Waals surface area contributed by atoms with Crippen molar-refractivity contribution in [1.82, 2.24) is 4.98 Å². The number of hydrogen-bond donors (Lipinski definition) is 2. The Morgan fingerprint density at radius 1 is 1.62 bits per heavy atom. The predicted molar refractivity (Wildman–Crippen MR) is 64.3 cm³/mol. The van der Waals surface area contributed by atoms with E-state index in [1.807, 2.05) is 26.0 Å². The third-order valence-electron chi connectivity index (χ3n) is 3.07. The van der Waals surface area contributed by atoms with E-state index in [2.05, 4.69) is 9.88 Å². The summed E-state index contributed by atoms with van der Waals surface area (Å²) < 4.78 is 0. The molecule has 2 rings (SSSR count). The van der Waals surface area contributed by atoms with Gasteiger partial charge in [0.25, 0.3) is 0 Å². The molecule has 4 nitrogen and oxygen atoms in total. The lowest BCUT2D eigenvalue weighted by Crippen LogP contribution is -2.30. The van der Waals surface area contributed by atoms with E-state index in [1.165, 1.54) is 0 Å². The number of aliphatic hydroxyl groups is 1. The molecule has 1 aliphatic heterocycles. The Morgan fingerprint density at radius 3 is 2.94 bits per heavy atom. The first-order valence-corrected chi connectivity index (χ1v) is 5.67. The van der Waals surface area contributed by atoms with Gasteiger partial charge in [0.2, 0.25) is 0 Å². The van der Waals surface area contributed by atoms with E-state index in [-0.39, 0.29) is 6.04 Å². The van der Waals surface area contributed by atoms with Gasteiger partial charge in [-0.2, -0.15) is 0 Å². The first-order chi connectivity index (χ1) is 7.48. The molecule has 0 aromatic carbocycles. The Labute approximate surface area is 96.1 Å². The van der Waals surface area contributed by atoms with Crippen molar-refractivity contribution >= 4 is 5.82 Å². The van der Waals surface area contributed by atoms with E-state index < -0.39 is 5.60 Å². The number of pyridine rings is 1. The quantitative estimate of drug-likeness (QED) is 0.784. The summed E-state index contributed by atoms with van der Waals surface area (Å²) in [5.41, 5.74) is 6.33. The zero-order chi connectivity index (χ0) is 11.8. The molecule has 0 bridgehead atoms. The number of nitrogens with zero attached hydrogens (tertiary/aromatic N) is 2. The largest absolute Gasteiger partial charge is 0.388 e. The van der Waals surface area contributed by atoms with E-state index in [0.717, 1.165) is 24.3 Å². The summed E-state index contributed by atoms with van der Waals surface area (Å²) in [5, 5.41) is 9.91. The maximum absolute atomic E-state index is 9.91. The van der Waals surface area contributed by atoms with Gasteiger partial charge < -0.3 is 15.7 Å². The minimum atomic E-state index is -0.591. The second-order valence-electron chi connectivity index (χ2n) is 4.90. The van der Waals surface area contributed by atoms with Gasteiger partial charge in [0, 0.05) is 25.3 Å². The van der Waals surface area contributed by atoms with Crippen molar-refractivity contribution < 1.29 is 5.11 Å².